The van der Waals surface area contributed by atoms with Crippen molar-refractivity contribution < 1.29 is 27.4 Å². The summed E-state index contributed by atoms with van der Waals surface area (Å²) >= 11 is 6.83. The Hall–Kier alpha value is -4.27. The molecule has 0 radical (unpaired) electrons. The Labute approximate surface area is 261 Å². The number of carbonyl (C=O) groups is 1. The molecule has 1 atom stereocenters. The number of aromatic nitrogens is 3. The third-order valence-corrected chi connectivity index (χ3v) is 7.78. The number of halogens is 3. The number of benzene rings is 3. The minimum Gasteiger partial charge on any atom is -0.406 e. The van der Waals surface area contributed by atoms with Crippen LogP contribution in [0.2, 0.25) is 0 Å². The van der Waals surface area contributed by atoms with Gasteiger partial charge in [0.05, 0.1) is 23.7 Å². The van der Waals surface area contributed by atoms with Gasteiger partial charge < -0.3 is 14.8 Å². The average Bonchev–Trinajstić information content (AvgIpc) is 3.63. The average molecular weight is 641 g/mol. The second kappa shape index (κ2) is 13.6. The molecule has 1 unspecified atom stereocenters. The van der Waals surface area contributed by atoms with E-state index in [0.717, 1.165) is 22.4 Å². The zero-order valence-corrected chi connectivity index (χ0v) is 25.2. The van der Waals surface area contributed by atoms with E-state index in [9.17, 15) is 18.0 Å². The summed E-state index contributed by atoms with van der Waals surface area (Å²) in [6.07, 6.45) is -3.26. The fourth-order valence-corrected chi connectivity index (χ4v) is 5.55. The molecule has 1 fully saturated rings. The molecule has 1 aromatic heterocycles. The molecule has 1 aliphatic heterocycles. The molecule has 14 heteroatoms. The number of rotatable bonds is 9. The number of nitrogens with zero attached hydrogens (tertiary/aromatic N) is 5. The lowest BCUT2D eigenvalue weighted by Crippen LogP contribution is -2.32. The van der Waals surface area contributed by atoms with Gasteiger partial charge in [-0.05, 0) is 54.0 Å². The number of nitrogens with one attached hydrogen (secondary N) is 1. The maximum atomic E-state index is 12.7. The zero-order chi connectivity index (χ0) is 31.3. The highest BCUT2D eigenvalue weighted by Crippen LogP contribution is 2.30. The van der Waals surface area contributed by atoms with Gasteiger partial charge >= 0.3 is 6.36 Å². The van der Waals surface area contributed by atoms with E-state index in [1.807, 2.05) is 48.5 Å². The van der Waals surface area contributed by atoms with Gasteiger partial charge in [0.25, 0.3) is 0 Å². The first-order valence-electron chi connectivity index (χ1n) is 13.4. The Morgan fingerprint density at radius 2 is 1.84 bits per heavy atom. The Morgan fingerprint density at radius 3 is 2.55 bits per heavy atom. The molecule has 4 aromatic rings. The highest BCUT2D eigenvalue weighted by Gasteiger charge is 2.32. The minimum absolute atomic E-state index is 0.0682. The van der Waals surface area contributed by atoms with E-state index in [-0.39, 0.29) is 28.4 Å². The minimum atomic E-state index is -4.75. The van der Waals surface area contributed by atoms with E-state index in [1.54, 1.807) is 12.0 Å². The van der Waals surface area contributed by atoms with Crippen molar-refractivity contribution in [3.8, 4) is 22.8 Å². The number of thioether (sulfide) groups is 1. The fraction of sp³-hybridized carbons (Fsp3) is 0.233. The van der Waals surface area contributed by atoms with Gasteiger partial charge in [-0.25, -0.2) is 9.67 Å². The lowest BCUT2D eigenvalue weighted by Gasteiger charge is -2.20. The third kappa shape index (κ3) is 7.62. The molecule has 2 heterocycles. The molecule has 9 nitrogen and oxygen atoms in total. The first-order valence-corrected chi connectivity index (χ1v) is 14.8. The molecule has 3 aromatic carbocycles. The van der Waals surface area contributed by atoms with Crippen LogP contribution in [-0.2, 0) is 16.1 Å². The number of amidine groups is 1. The Bertz CT molecular complexity index is 1660. The van der Waals surface area contributed by atoms with E-state index in [1.165, 1.54) is 47.0 Å². The fourth-order valence-electron chi connectivity index (χ4n) is 4.45. The number of aliphatic imine (C=N–C) groups is 1. The first kappa shape index (κ1) is 31.2. The van der Waals surface area contributed by atoms with Crippen molar-refractivity contribution in [2.45, 2.75) is 25.8 Å². The number of methoxy groups -OCH3 is 1. The van der Waals surface area contributed by atoms with Crippen LogP contribution in [0.4, 0.5) is 18.9 Å². The van der Waals surface area contributed by atoms with Crippen LogP contribution in [0.25, 0.3) is 17.1 Å². The molecule has 0 spiro atoms. The van der Waals surface area contributed by atoms with E-state index >= 15 is 0 Å². The molecule has 0 aliphatic carbocycles. The van der Waals surface area contributed by atoms with Gasteiger partial charge in [-0.1, -0.05) is 61.2 Å². The Morgan fingerprint density at radius 1 is 1.11 bits per heavy atom. The van der Waals surface area contributed by atoms with Crippen molar-refractivity contribution in [3.05, 3.63) is 90.3 Å². The number of anilines is 1. The topological polar surface area (TPSA) is 93.9 Å². The highest BCUT2D eigenvalue weighted by molar-refractivity contribution is 8.15. The second-order valence-corrected chi connectivity index (χ2v) is 11.1. The first-order chi connectivity index (χ1) is 21.1. The summed E-state index contributed by atoms with van der Waals surface area (Å²) in [6, 6.07) is 20.7. The third-order valence-electron chi connectivity index (χ3n) is 6.62. The predicted octanol–water partition coefficient (Wildman–Crippen LogP) is 6.09. The molecule has 1 amide bonds. The Balaban J connectivity index is 1.19. The van der Waals surface area contributed by atoms with Gasteiger partial charge in [0.15, 0.2) is 16.1 Å². The van der Waals surface area contributed by atoms with E-state index in [0.29, 0.717) is 29.8 Å². The molecule has 1 saturated heterocycles. The maximum absolute atomic E-state index is 12.7. The number of alkyl halides is 3. The van der Waals surface area contributed by atoms with Crippen molar-refractivity contribution in [1.29, 1.82) is 0 Å². The van der Waals surface area contributed by atoms with Crippen LogP contribution >= 0.6 is 24.0 Å². The van der Waals surface area contributed by atoms with Crippen LogP contribution in [0.1, 0.15) is 24.0 Å². The maximum Gasteiger partial charge on any atom is 0.573 e. The number of hydrogen-bond acceptors (Lipinski definition) is 7. The number of para-hydroxylation sites is 1. The van der Waals surface area contributed by atoms with Gasteiger partial charge in [-0.15, -0.1) is 18.3 Å². The van der Waals surface area contributed by atoms with Crippen LogP contribution in [0, 0.1) is 0 Å². The summed E-state index contributed by atoms with van der Waals surface area (Å²) in [5.41, 5.74) is 3.98. The molecule has 44 heavy (non-hydrogen) atoms. The second-order valence-electron chi connectivity index (χ2n) is 9.74. The van der Waals surface area contributed by atoms with Crippen LogP contribution in [0.3, 0.4) is 0 Å². The van der Waals surface area contributed by atoms with Crippen LogP contribution in [0.15, 0.2) is 84.1 Å². The van der Waals surface area contributed by atoms with Gasteiger partial charge in [0, 0.05) is 24.8 Å². The number of hydrogen-bond donors (Lipinski definition) is 1. The number of amides is 1. The normalized spacial score (nSPS) is 15.1. The van der Waals surface area contributed by atoms with Gasteiger partial charge in [0.1, 0.15) is 12.1 Å². The van der Waals surface area contributed by atoms with E-state index in [4.69, 9.17) is 17.0 Å². The highest BCUT2D eigenvalue weighted by atomic mass is 32.2. The number of thiocarbonyl (C=S) groups is 1. The zero-order valence-electron chi connectivity index (χ0n) is 23.6. The predicted molar refractivity (Wildman–Crippen MR) is 167 cm³/mol. The monoisotopic (exact) mass is 640 g/mol. The molecule has 228 valence electrons. The number of carbonyl (C=O) groups excluding carboxylic acids is 1. The summed E-state index contributed by atoms with van der Waals surface area (Å²) < 4.78 is 47.9. The smallest absolute Gasteiger partial charge is 0.406 e. The SMILES string of the molecule is COCc1ccccc1N1C(=O)CSC1=NC(=S)NCC(C)c1ccc(-c2ncn(-c3ccc(OC(F)(F)F)cc3)n2)cc1. The molecule has 5 rings (SSSR count). The summed E-state index contributed by atoms with van der Waals surface area (Å²) in [7, 11) is 1.61. The van der Waals surface area contributed by atoms with Gasteiger partial charge in [-0.3, -0.25) is 9.69 Å². The molecule has 1 aliphatic rings. The summed E-state index contributed by atoms with van der Waals surface area (Å²) in [5, 5.41) is 8.44. The summed E-state index contributed by atoms with van der Waals surface area (Å²) in [6.45, 7) is 2.94. The number of ether oxygens (including phenoxy) is 2. The lowest BCUT2D eigenvalue weighted by molar-refractivity contribution is -0.274. The molecule has 1 N–H and O–H groups in total. The van der Waals surface area contributed by atoms with Gasteiger partial charge in [0.2, 0.25) is 5.91 Å². The molecule has 0 bridgehead atoms. The van der Waals surface area contributed by atoms with Crippen molar-refractivity contribution >= 4 is 45.9 Å². The quantitative estimate of drug-likeness (QED) is 0.220. The van der Waals surface area contributed by atoms with Crippen LogP contribution in [0.5, 0.6) is 5.75 Å². The molecular formula is C30H27F3N6O3S2. The van der Waals surface area contributed by atoms with Crippen LogP contribution < -0.4 is 15.0 Å². The van der Waals surface area contributed by atoms with Gasteiger partial charge in [-0.2, -0.15) is 4.99 Å². The molecular weight excluding hydrogens is 613 g/mol. The standard InChI is InChI=1S/C30H27F3N6O3S2/c1-19(15-34-28(43)36-29-39(26(40)17-44-29)25-6-4-3-5-22(25)16-41-2)20-7-9-21(10-8-20)27-35-18-38(37-27)23-11-13-24(14-12-23)42-30(31,32)33/h3-14,18-19H,15-17H2,1-2H3,(H,34,43). The largest absolute Gasteiger partial charge is 0.573 e. The van der Waals surface area contributed by atoms with Crippen molar-refractivity contribution in [3.63, 3.8) is 0 Å². The summed E-state index contributed by atoms with van der Waals surface area (Å²) in [5.74, 6) is 0.451. The van der Waals surface area contributed by atoms with Crippen LogP contribution in [-0.4, -0.2) is 56.7 Å². The van der Waals surface area contributed by atoms with Crippen molar-refractivity contribution in [1.82, 2.24) is 20.1 Å². The van der Waals surface area contributed by atoms with Crippen molar-refractivity contribution in [2.24, 2.45) is 4.99 Å². The van der Waals surface area contributed by atoms with E-state index in [2.05, 4.69) is 32.1 Å². The molecule has 0 saturated carbocycles. The lowest BCUT2D eigenvalue weighted by atomic mass is 10.00. The van der Waals surface area contributed by atoms with E-state index < -0.39 is 6.36 Å². The Kier molecular flexibility index (Phi) is 9.61. The summed E-state index contributed by atoms with van der Waals surface area (Å²) in [4.78, 5) is 23.2. The van der Waals surface area contributed by atoms with Crippen molar-refractivity contribution in [2.75, 3.05) is 24.3 Å².